The number of esters is 1. The van der Waals surface area contributed by atoms with Gasteiger partial charge in [0.25, 0.3) is 5.91 Å². The SMILES string of the molecule is CCOC(=O)CN1CCCN(C(=O)c2ccc(NC(=O)OCCCl)cc2Cl)c2ccccc21. The van der Waals surface area contributed by atoms with Crippen molar-refractivity contribution in [1.29, 1.82) is 0 Å². The van der Waals surface area contributed by atoms with Gasteiger partial charge in [0, 0.05) is 18.8 Å². The molecular weight excluding hydrogens is 469 g/mol. The molecule has 1 heterocycles. The maximum absolute atomic E-state index is 13.4. The number of rotatable bonds is 7. The molecule has 0 saturated heterocycles. The highest BCUT2D eigenvalue weighted by Gasteiger charge is 2.27. The van der Waals surface area contributed by atoms with Crippen molar-refractivity contribution in [3.8, 4) is 0 Å². The molecule has 10 heteroatoms. The summed E-state index contributed by atoms with van der Waals surface area (Å²) in [4.78, 5) is 40.8. The normalized spacial score (nSPS) is 13.1. The van der Waals surface area contributed by atoms with E-state index in [0.717, 1.165) is 5.69 Å². The van der Waals surface area contributed by atoms with E-state index >= 15 is 0 Å². The molecule has 8 nitrogen and oxygen atoms in total. The van der Waals surface area contributed by atoms with Gasteiger partial charge < -0.3 is 19.3 Å². The van der Waals surface area contributed by atoms with Crippen molar-refractivity contribution in [3.05, 3.63) is 53.1 Å². The van der Waals surface area contributed by atoms with Crippen molar-refractivity contribution < 1.29 is 23.9 Å². The zero-order valence-corrected chi connectivity index (χ0v) is 19.7. The molecular formula is C23H25Cl2N3O5. The number of carbonyl (C=O) groups is 3. The van der Waals surface area contributed by atoms with E-state index < -0.39 is 6.09 Å². The van der Waals surface area contributed by atoms with Gasteiger partial charge in [-0.1, -0.05) is 23.7 Å². The molecule has 3 rings (SSSR count). The van der Waals surface area contributed by atoms with E-state index in [1.807, 2.05) is 29.2 Å². The van der Waals surface area contributed by atoms with Gasteiger partial charge in [0.1, 0.15) is 13.2 Å². The minimum atomic E-state index is -0.658. The largest absolute Gasteiger partial charge is 0.465 e. The van der Waals surface area contributed by atoms with E-state index in [4.69, 9.17) is 32.7 Å². The van der Waals surface area contributed by atoms with Crippen LogP contribution in [0.25, 0.3) is 0 Å². The number of para-hydroxylation sites is 2. The van der Waals surface area contributed by atoms with Crippen LogP contribution in [0.3, 0.4) is 0 Å². The number of amides is 2. The number of fused-ring (bicyclic) bond motifs is 1. The fourth-order valence-corrected chi connectivity index (χ4v) is 3.89. The number of ether oxygens (including phenoxy) is 2. The summed E-state index contributed by atoms with van der Waals surface area (Å²) in [6, 6.07) is 12.1. The van der Waals surface area contributed by atoms with Crippen molar-refractivity contribution in [2.75, 3.05) is 53.8 Å². The second-order valence-corrected chi connectivity index (χ2v) is 7.96. The minimum absolute atomic E-state index is 0.0826. The smallest absolute Gasteiger partial charge is 0.411 e. The van der Waals surface area contributed by atoms with Crippen molar-refractivity contribution >= 4 is 58.2 Å². The predicted molar refractivity (Wildman–Crippen MR) is 129 cm³/mol. The predicted octanol–water partition coefficient (Wildman–Crippen LogP) is 4.55. The first-order valence-corrected chi connectivity index (χ1v) is 11.5. The minimum Gasteiger partial charge on any atom is -0.465 e. The second-order valence-electron chi connectivity index (χ2n) is 7.17. The number of nitrogens with zero attached hydrogens (tertiary/aromatic N) is 2. The highest BCUT2D eigenvalue weighted by molar-refractivity contribution is 6.35. The van der Waals surface area contributed by atoms with E-state index in [2.05, 4.69) is 5.32 Å². The van der Waals surface area contributed by atoms with Crippen LogP contribution in [0.4, 0.5) is 21.9 Å². The molecule has 1 aliphatic heterocycles. The summed E-state index contributed by atoms with van der Waals surface area (Å²) < 4.78 is 9.97. The summed E-state index contributed by atoms with van der Waals surface area (Å²) in [7, 11) is 0. The molecule has 0 radical (unpaired) electrons. The monoisotopic (exact) mass is 493 g/mol. The maximum atomic E-state index is 13.4. The van der Waals surface area contributed by atoms with Crippen LogP contribution in [0.2, 0.25) is 5.02 Å². The van der Waals surface area contributed by atoms with Crippen LogP contribution in [-0.4, -0.2) is 56.7 Å². The maximum Gasteiger partial charge on any atom is 0.411 e. The number of alkyl halides is 1. The van der Waals surface area contributed by atoms with Crippen LogP contribution >= 0.6 is 23.2 Å². The lowest BCUT2D eigenvalue weighted by Gasteiger charge is -2.26. The summed E-state index contributed by atoms with van der Waals surface area (Å²) in [5.74, 6) is -0.402. The van der Waals surface area contributed by atoms with Crippen LogP contribution in [0, 0.1) is 0 Å². The summed E-state index contributed by atoms with van der Waals surface area (Å²) in [6.07, 6.45) is -0.00215. The van der Waals surface area contributed by atoms with E-state index in [9.17, 15) is 14.4 Å². The van der Waals surface area contributed by atoms with Crippen LogP contribution in [-0.2, 0) is 14.3 Å². The summed E-state index contributed by atoms with van der Waals surface area (Å²) >= 11 is 11.9. The molecule has 0 aromatic heterocycles. The fourth-order valence-electron chi connectivity index (χ4n) is 3.55. The lowest BCUT2D eigenvalue weighted by atomic mass is 10.1. The van der Waals surface area contributed by atoms with E-state index in [1.165, 1.54) is 6.07 Å². The average Bonchev–Trinajstić information content (AvgIpc) is 2.97. The fraction of sp³-hybridized carbons (Fsp3) is 0.348. The first-order valence-electron chi connectivity index (χ1n) is 10.5. The van der Waals surface area contributed by atoms with Crippen molar-refractivity contribution in [1.82, 2.24) is 0 Å². The molecule has 0 aliphatic carbocycles. The van der Waals surface area contributed by atoms with Gasteiger partial charge in [0.2, 0.25) is 0 Å². The lowest BCUT2D eigenvalue weighted by Crippen LogP contribution is -2.31. The molecule has 0 bridgehead atoms. The molecule has 176 valence electrons. The van der Waals surface area contributed by atoms with Gasteiger partial charge in [-0.3, -0.25) is 14.9 Å². The average molecular weight is 494 g/mol. The topological polar surface area (TPSA) is 88.2 Å². The van der Waals surface area contributed by atoms with Crippen LogP contribution in [0.15, 0.2) is 42.5 Å². The zero-order chi connectivity index (χ0) is 23.8. The molecule has 0 saturated carbocycles. The third kappa shape index (κ3) is 6.30. The molecule has 2 aromatic rings. The number of anilines is 3. The third-order valence-electron chi connectivity index (χ3n) is 4.95. The Morgan fingerprint density at radius 3 is 2.52 bits per heavy atom. The van der Waals surface area contributed by atoms with Gasteiger partial charge in [0.15, 0.2) is 0 Å². The van der Waals surface area contributed by atoms with Gasteiger partial charge in [-0.25, -0.2) is 4.79 Å². The molecule has 0 spiro atoms. The highest BCUT2D eigenvalue weighted by Crippen LogP contribution is 2.34. The Morgan fingerprint density at radius 1 is 1.06 bits per heavy atom. The number of benzene rings is 2. The summed E-state index contributed by atoms with van der Waals surface area (Å²) in [5, 5.41) is 2.74. The second kappa shape index (κ2) is 11.8. The Balaban J connectivity index is 1.82. The first kappa shape index (κ1) is 24.7. The molecule has 0 fully saturated rings. The lowest BCUT2D eigenvalue weighted by molar-refractivity contribution is -0.141. The molecule has 33 heavy (non-hydrogen) atoms. The number of carbonyl (C=O) groups excluding carboxylic acids is 3. The zero-order valence-electron chi connectivity index (χ0n) is 18.2. The van der Waals surface area contributed by atoms with E-state index in [1.54, 1.807) is 24.0 Å². The Morgan fingerprint density at radius 2 is 1.82 bits per heavy atom. The van der Waals surface area contributed by atoms with E-state index in [-0.39, 0.29) is 35.9 Å². The summed E-state index contributed by atoms with van der Waals surface area (Å²) in [6.45, 7) is 3.32. The molecule has 1 N–H and O–H groups in total. The van der Waals surface area contributed by atoms with Gasteiger partial charge in [-0.05, 0) is 43.7 Å². The van der Waals surface area contributed by atoms with Gasteiger partial charge in [-0.2, -0.15) is 0 Å². The highest BCUT2D eigenvalue weighted by atomic mass is 35.5. The Labute approximate surface area is 202 Å². The molecule has 2 amide bonds. The summed E-state index contributed by atoms with van der Waals surface area (Å²) in [5.41, 5.74) is 2.15. The van der Waals surface area contributed by atoms with E-state index in [0.29, 0.717) is 43.1 Å². The van der Waals surface area contributed by atoms with Crippen LogP contribution < -0.4 is 15.1 Å². The molecule has 0 atom stereocenters. The number of halogens is 2. The molecule has 0 unspecified atom stereocenters. The Kier molecular flexibility index (Phi) is 8.79. The number of hydrogen-bond donors (Lipinski definition) is 1. The van der Waals surface area contributed by atoms with Crippen LogP contribution in [0.1, 0.15) is 23.7 Å². The van der Waals surface area contributed by atoms with Gasteiger partial charge in [0.05, 0.1) is 34.4 Å². The molecule has 2 aromatic carbocycles. The Bertz CT molecular complexity index is 1020. The standard InChI is InChI=1S/C23H25Cl2N3O5/c1-2-32-21(29)15-27-11-5-12-28(20-7-4-3-6-19(20)27)22(30)17-9-8-16(14-18(17)25)26-23(31)33-13-10-24/h3-4,6-9,14H,2,5,10-13,15H2,1H3,(H,26,31). The van der Waals surface area contributed by atoms with Crippen molar-refractivity contribution in [2.24, 2.45) is 0 Å². The van der Waals surface area contributed by atoms with Crippen LogP contribution in [0.5, 0.6) is 0 Å². The van der Waals surface area contributed by atoms with Crippen molar-refractivity contribution in [2.45, 2.75) is 13.3 Å². The quantitative estimate of drug-likeness (QED) is 0.449. The number of hydrogen-bond acceptors (Lipinski definition) is 6. The molecule has 1 aliphatic rings. The number of nitrogens with one attached hydrogen (secondary N) is 1. The van der Waals surface area contributed by atoms with Gasteiger partial charge in [-0.15, -0.1) is 11.6 Å². The van der Waals surface area contributed by atoms with Crippen molar-refractivity contribution in [3.63, 3.8) is 0 Å². The third-order valence-corrected chi connectivity index (χ3v) is 5.42. The first-order chi connectivity index (χ1) is 15.9. The Hall–Kier alpha value is -2.97. The van der Waals surface area contributed by atoms with Gasteiger partial charge >= 0.3 is 12.1 Å².